The van der Waals surface area contributed by atoms with Gasteiger partial charge in [-0.2, -0.15) is 0 Å². The van der Waals surface area contributed by atoms with E-state index in [1.165, 1.54) is 0 Å². The SMILES string of the molecule is CN(Cc1ccccc1)C(=O)c1cc(NCc2ccccn2)ccn1. The number of amides is 1. The van der Waals surface area contributed by atoms with Crippen molar-refractivity contribution in [3.63, 3.8) is 0 Å². The summed E-state index contributed by atoms with van der Waals surface area (Å²) in [5.41, 5.74) is 3.29. The minimum absolute atomic E-state index is 0.106. The molecule has 1 amide bonds. The quantitative estimate of drug-likeness (QED) is 0.752. The van der Waals surface area contributed by atoms with Gasteiger partial charge in [0.1, 0.15) is 5.69 Å². The van der Waals surface area contributed by atoms with Gasteiger partial charge in [-0.15, -0.1) is 0 Å². The summed E-state index contributed by atoms with van der Waals surface area (Å²) in [5.74, 6) is -0.106. The van der Waals surface area contributed by atoms with Gasteiger partial charge in [0, 0.05) is 31.7 Å². The van der Waals surface area contributed by atoms with E-state index in [1.807, 2.05) is 54.6 Å². The van der Waals surface area contributed by atoms with Gasteiger partial charge in [0.2, 0.25) is 0 Å². The molecule has 0 spiro atoms. The first-order chi connectivity index (χ1) is 12.2. The monoisotopic (exact) mass is 332 g/mol. The van der Waals surface area contributed by atoms with E-state index in [9.17, 15) is 4.79 Å². The maximum Gasteiger partial charge on any atom is 0.272 e. The minimum Gasteiger partial charge on any atom is -0.379 e. The van der Waals surface area contributed by atoms with E-state index in [0.29, 0.717) is 18.8 Å². The van der Waals surface area contributed by atoms with Crippen molar-refractivity contribution >= 4 is 11.6 Å². The highest BCUT2D eigenvalue weighted by atomic mass is 16.2. The van der Waals surface area contributed by atoms with Crippen molar-refractivity contribution in [3.8, 4) is 0 Å². The molecule has 0 unspecified atom stereocenters. The summed E-state index contributed by atoms with van der Waals surface area (Å²) < 4.78 is 0. The molecule has 2 heterocycles. The first kappa shape index (κ1) is 16.6. The van der Waals surface area contributed by atoms with E-state index in [0.717, 1.165) is 16.9 Å². The van der Waals surface area contributed by atoms with Crippen molar-refractivity contribution in [1.82, 2.24) is 14.9 Å². The molecule has 0 radical (unpaired) electrons. The predicted molar refractivity (Wildman–Crippen MR) is 98.0 cm³/mol. The topological polar surface area (TPSA) is 58.1 Å². The number of anilines is 1. The first-order valence-corrected chi connectivity index (χ1v) is 8.11. The summed E-state index contributed by atoms with van der Waals surface area (Å²) in [6, 6.07) is 19.3. The third-order valence-electron chi connectivity index (χ3n) is 3.79. The molecule has 2 aromatic heterocycles. The van der Waals surface area contributed by atoms with Crippen LogP contribution in [0.25, 0.3) is 0 Å². The minimum atomic E-state index is -0.106. The molecule has 0 bridgehead atoms. The van der Waals surface area contributed by atoms with Crippen molar-refractivity contribution in [2.24, 2.45) is 0 Å². The average Bonchev–Trinajstić information content (AvgIpc) is 2.67. The number of benzene rings is 1. The molecule has 5 heteroatoms. The fourth-order valence-electron chi connectivity index (χ4n) is 2.48. The van der Waals surface area contributed by atoms with Gasteiger partial charge in [0.15, 0.2) is 0 Å². The van der Waals surface area contributed by atoms with Gasteiger partial charge < -0.3 is 10.2 Å². The number of carbonyl (C=O) groups is 1. The molecule has 126 valence electrons. The van der Waals surface area contributed by atoms with Crippen LogP contribution in [-0.2, 0) is 13.1 Å². The van der Waals surface area contributed by atoms with Crippen molar-refractivity contribution < 1.29 is 4.79 Å². The molecule has 5 nitrogen and oxygen atoms in total. The van der Waals surface area contributed by atoms with Crippen LogP contribution < -0.4 is 5.32 Å². The Labute approximate surface area is 147 Å². The molecule has 0 atom stereocenters. The van der Waals surface area contributed by atoms with Crippen LogP contribution >= 0.6 is 0 Å². The molecule has 1 N–H and O–H groups in total. The van der Waals surface area contributed by atoms with E-state index in [4.69, 9.17) is 0 Å². The zero-order valence-corrected chi connectivity index (χ0v) is 14.1. The molecule has 0 aliphatic carbocycles. The molecular weight excluding hydrogens is 312 g/mol. The Morgan fingerprint density at radius 2 is 1.80 bits per heavy atom. The summed E-state index contributed by atoms with van der Waals surface area (Å²) in [6.45, 7) is 1.14. The van der Waals surface area contributed by atoms with Crippen LogP contribution in [0, 0.1) is 0 Å². The smallest absolute Gasteiger partial charge is 0.272 e. The van der Waals surface area contributed by atoms with Gasteiger partial charge in [0.25, 0.3) is 5.91 Å². The maximum absolute atomic E-state index is 12.6. The lowest BCUT2D eigenvalue weighted by atomic mass is 10.2. The van der Waals surface area contributed by atoms with Crippen molar-refractivity contribution in [1.29, 1.82) is 0 Å². The molecule has 0 fully saturated rings. The fraction of sp³-hybridized carbons (Fsp3) is 0.150. The third-order valence-corrected chi connectivity index (χ3v) is 3.79. The van der Waals surface area contributed by atoms with Crippen molar-refractivity contribution in [3.05, 3.63) is 90.0 Å². The van der Waals surface area contributed by atoms with Crippen LogP contribution in [-0.4, -0.2) is 27.8 Å². The van der Waals surface area contributed by atoms with E-state index in [1.54, 1.807) is 30.4 Å². The second-order valence-electron chi connectivity index (χ2n) is 5.75. The Morgan fingerprint density at radius 1 is 1.00 bits per heavy atom. The van der Waals surface area contributed by atoms with Gasteiger partial charge >= 0.3 is 0 Å². The number of hydrogen-bond acceptors (Lipinski definition) is 4. The van der Waals surface area contributed by atoms with Crippen molar-refractivity contribution in [2.75, 3.05) is 12.4 Å². The molecular formula is C20H20N4O. The summed E-state index contributed by atoms with van der Waals surface area (Å²) in [4.78, 5) is 22.7. The van der Waals surface area contributed by atoms with E-state index in [2.05, 4.69) is 15.3 Å². The standard InChI is InChI=1S/C20H20N4O/c1-24(15-16-7-3-2-4-8-16)20(25)19-13-17(10-12-22-19)23-14-18-9-5-6-11-21-18/h2-13H,14-15H2,1H3,(H,22,23). The van der Waals surface area contributed by atoms with Crippen LogP contribution in [0.5, 0.6) is 0 Å². The van der Waals surface area contributed by atoms with Gasteiger partial charge in [-0.25, -0.2) is 0 Å². The van der Waals surface area contributed by atoms with Gasteiger partial charge in [0.05, 0.1) is 12.2 Å². The molecule has 0 aliphatic heterocycles. The van der Waals surface area contributed by atoms with E-state index >= 15 is 0 Å². The number of carbonyl (C=O) groups excluding carboxylic acids is 1. The second-order valence-corrected chi connectivity index (χ2v) is 5.75. The van der Waals surface area contributed by atoms with Crippen LogP contribution in [0.2, 0.25) is 0 Å². The number of rotatable bonds is 6. The first-order valence-electron chi connectivity index (χ1n) is 8.11. The lowest BCUT2D eigenvalue weighted by Gasteiger charge is -2.17. The molecule has 0 saturated heterocycles. The number of nitrogens with zero attached hydrogens (tertiary/aromatic N) is 3. The highest BCUT2D eigenvalue weighted by Crippen LogP contribution is 2.12. The summed E-state index contributed by atoms with van der Waals surface area (Å²) in [6.07, 6.45) is 3.40. The Bertz CT molecular complexity index is 821. The average molecular weight is 332 g/mol. The lowest BCUT2D eigenvalue weighted by Crippen LogP contribution is -2.27. The number of hydrogen-bond donors (Lipinski definition) is 1. The largest absolute Gasteiger partial charge is 0.379 e. The van der Waals surface area contributed by atoms with E-state index < -0.39 is 0 Å². The van der Waals surface area contributed by atoms with Crippen LogP contribution in [0.1, 0.15) is 21.7 Å². The molecule has 0 aliphatic rings. The van der Waals surface area contributed by atoms with Gasteiger partial charge in [-0.1, -0.05) is 36.4 Å². The zero-order valence-electron chi connectivity index (χ0n) is 14.1. The van der Waals surface area contributed by atoms with Crippen LogP contribution in [0.15, 0.2) is 73.1 Å². The summed E-state index contributed by atoms with van der Waals surface area (Å²) >= 11 is 0. The maximum atomic E-state index is 12.6. The highest BCUT2D eigenvalue weighted by molar-refractivity contribution is 5.92. The number of nitrogens with one attached hydrogen (secondary N) is 1. The Kier molecular flexibility index (Phi) is 5.36. The lowest BCUT2D eigenvalue weighted by molar-refractivity contribution is 0.0779. The summed E-state index contributed by atoms with van der Waals surface area (Å²) in [7, 11) is 1.78. The molecule has 3 rings (SSSR count). The second kappa shape index (κ2) is 8.06. The third kappa shape index (κ3) is 4.64. The van der Waals surface area contributed by atoms with Gasteiger partial charge in [-0.3, -0.25) is 14.8 Å². The fourth-order valence-corrected chi connectivity index (χ4v) is 2.48. The molecule has 25 heavy (non-hydrogen) atoms. The zero-order chi connectivity index (χ0) is 17.5. The van der Waals surface area contributed by atoms with Crippen LogP contribution in [0.3, 0.4) is 0 Å². The van der Waals surface area contributed by atoms with Gasteiger partial charge in [-0.05, 0) is 29.8 Å². The van der Waals surface area contributed by atoms with E-state index in [-0.39, 0.29) is 5.91 Å². The molecule has 1 aromatic carbocycles. The predicted octanol–water partition coefficient (Wildman–Crippen LogP) is 3.36. The Hall–Kier alpha value is -3.21. The Balaban J connectivity index is 1.64. The van der Waals surface area contributed by atoms with Crippen molar-refractivity contribution in [2.45, 2.75) is 13.1 Å². The molecule has 0 saturated carbocycles. The Morgan fingerprint density at radius 3 is 2.56 bits per heavy atom. The highest BCUT2D eigenvalue weighted by Gasteiger charge is 2.14. The summed E-state index contributed by atoms with van der Waals surface area (Å²) in [5, 5.41) is 3.27. The number of aromatic nitrogens is 2. The van der Waals surface area contributed by atoms with Crippen LogP contribution in [0.4, 0.5) is 5.69 Å². The molecule has 3 aromatic rings. The normalized spacial score (nSPS) is 10.3. The number of pyridine rings is 2.